The molecule has 1 fully saturated rings. The molecular formula is C14H23N3O3S2. The van der Waals surface area contributed by atoms with Crippen LogP contribution in [0.5, 0.6) is 0 Å². The van der Waals surface area contributed by atoms with Crippen molar-refractivity contribution in [2.24, 2.45) is 11.7 Å². The molecule has 0 saturated carbocycles. The van der Waals surface area contributed by atoms with Crippen LogP contribution < -0.4 is 11.1 Å². The minimum absolute atomic E-state index is 0.00309. The maximum Gasteiger partial charge on any atom is 0.252 e. The molecule has 124 valence electrons. The molecule has 1 aliphatic heterocycles. The fraction of sp³-hybridized carbons (Fsp3) is 0.643. The van der Waals surface area contributed by atoms with Crippen LogP contribution in [0.25, 0.3) is 0 Å². The number of hydrogen-bond donors (Lipinski definition) is 2. The summed E-state index contributed by atoms with van der Waals surface area (Å²) in [6.45, 7) is 4.76. The standard InChI is InChI=1S/C14H23N3O3S2/c1-10(15)12-4-3-7-17(9-12)22(19,20)14-6-5-13(21-14)8-16-11(2)18/h5-6,10,12H,3-4,7-9,15H2,1-2H3,(H,16,18)/t10-,12-/m1/s1. The van der Waals surface area contributed by atoms with Crippen LogP contribution in [0, 0.1) is 5.92 Å². The molecule has 8 heteroatoms. The monoisotopic (exact) mass is 345 g/mol. The van der Waals surface area contributed by atoms with Crippen molar-refractivity contribution in [1.82, 2.24) is 9.62 Å². The zero-order chi connectivity index (χ0) is 16.3. The van der Waals surface area contributed by atoms with Gasteiger partial charge in [0.25, 0.3) is 10.0 Å². The summed E-state index contributed by atoms with van der Waals surface area (Å²) in [5, 5.41) is 2.67. The number of nitrogens with one attached hydrogen (secondary N) is 1. The van der Waals surface area contributed by atoms with Gasteiger partial charge < -0.3 is 11.1 Å². The summed E-state index contributed by atoms with van der Waals surface area (Å²) in [5.41, 5.74) is 5.92. The molecule has 3 N–H and O–H groups in total. The second kappa shape index (κ2) is 7.08. The maximum atomic E-state index is 12.7. The second-order valence-electron chi connectivity index (χ2n) is 5.75. The van der Waals surface area contributed by atoms with E-state index in [1.807, 2.05) is 6.92 Å². The van der Waals surface area contributed by atoms with Crippen LogP contribution in [-0.2, 0) is 21.4 Å². The zero-order valence-corrected chi connectivity index (χ0v) is 14.5. The second-order valence-corrected chi connectivity index (χ2v) is 9.09. The predicted molar refractivity (Wildman–Crippen MR) is 87.0 cm³/mol. The molecule has 1 aliphatic rings. The first kappa shape index (κ1) is 17.4. The lowest BCUT2D eigenvalue weighted by molar-refractivity contribution is -0.119. The van der Waals surface area contributed by atoms with Gasteiger partial charge in [0.2, 0.25) is 5.91 Å². The highest BCUT2D eigenvalue weighted by atomic mass is 32.2. The van der Waals surface area contributed by atoms with Crippen molar-refractivity contribution >= 4 is 27.3 Å². The molecule has 0 unspecified atom stereocenters. The van der Waals surface area contributed by atoms with Gasteiger partial charge in [0.15, 0.2) is 0 Å². The fourth-order valence-corrected chi connectivity index (χ4v) is 5.54. The molecular weight excluding hydrogens is 322 g/mol. The number of carbonyl (C=O) groups is 1. The van der Waals surface area contributed by atoms with Gasteiger partial charge in [-0.3, -0.25) is 4.79 Å². The number of nitrogens with two attached hydrogens (primary N) is 1. The Morgan fingerprint density at radius 2 is 2.27 bits per heavy atom. The topological polar surface area (TPSA) is 92.5 Å². The molecule has 0 radical (unpaired) electrons. The van der Waals surface area contributed by atoms with Crippen LogP contribution in [0.3, 0.4) is 0 Å². The van der Waals surface area contributed by atoms with Gasteiger partial charge in [0.05, 0.1) is 6.54 Å². The lowest BCUT2D eigenvalue weighted by atomic mass is 9.93. The third-order valence-corrected chi connectivity index (χ3v) is 7.32. The molecule has 2 rings (SSSR count). The Kier molecular flexibility index (Phi) is 5.60. The minimum atomic E-state index is -3.46. The highest BCUT2D eigenvalue weighted by molar-refractivity contribution is 7.91. The molecule has 2 heterocycles. The SMILES string of the molecule is CC(=O)NCc1ccc(S(=O)(=O)N2CCC[C@@H]([C@@H](C)N)C2)s1. The lowest BCUT2D eigenvalue weighted by Crippen LogP contribution is -2.44. The molecule has 22 heavy (non-hydrogen) atoms. The number of carbonyl (C=O) groups excluding carboxylic acids is 1. The number of piperidine rings is 1. The number of rotatable bonds is 5. The van der Waals surface area contributed by atoms with Crippen molar-refractivity contribution in [2.75, 3.05) is 13.1 Å². The van der Waals surface area contributed by atoms with Crippen LogP contribution >= 0.6 is 11.3 Å². The van der Waals surface area contributed by atoms with E-state index in [2.05, 4.69) is 5.32 Å². The molecule has 1 aromatic heterocycles. The highest BCUT2D eigenvalue weighted by Gasteiger charge is 2.32. The van der Waals surface area contributed by atoms with Crippen LogP contribution in [0.1, 0.15) is 31.6 Å². The first-order valence-electron chi connectivity index (χ1n) is 7.39. The van der Waals surface area contributed by atoms with Crippen LogP contribution in [0.2, 0.25) is 0 Å². The molecule has 1 amide bonds. The lowest BCUT2D eigenvalue weighted by Gasteiger charge is -2.33. The van der Waals surface area contributed by atoms with Crippen molar-refractivity contribution in [3.05, 3.63) is 17.0 Å². The molecule has 0 aromatic carbocycles. The minimum Gasteiger partial charge on any atom is -0.351 e. The average molecular weight is 345 g/mol. The van der Waals surface area contributed by atoms with E-state index in [9.17, 15) is 13.2 Å². The third kappa shape index (κ3) is 4.07. The van der Waals surface area contributed by atoms with Gasteiger partial charge in [-0.25, -0.2) is 8.42 Å². The number of amides is 1. The Bertz CT molecular complexity index is 625. The van der Waals surface area contributed by atoms with Gasteiger partial charge >= 0.3 is 0 Å². The van der Waals surface area contributed by atoms with Crippen molar-refractivity contribution < 1.29 is 13.2 Å². The number of nitrogens with zero attached hydrogens (tertiary/aromatic N) is 1. The van der Waals surface area contributed by atoms with E-state index < -0.39 is 10.0 Å². The largest absolute Gasteiger partial charge is 0.351 e. The van der Waals surface area contributed by atoms with Crippen molar-refractivity contribution in [3.8, 4) is 0 Å². The fourth-order valence-electron chi connectivity index (χ4n) is 2.55. The summed E-state index contributed by atoms with van der Waals surface area (Å²) >= 11 is 1.21. The quantitative estimate of drug-likeness (QED) is 0.837. The predicted octanol–water partition coefficient (Wildman–Crippen LogP) is 1.13. The Hall–Kier alpha value is -0.960. The third-order valence-electron chi connectivity index (χ3n) is 3.91. The van der Waals surface area contributed by atoms with Gasteiger partial charge in [0, 0.05) is 30.9 Å². The van der Waals surface area contributed by atoms with E-state index in [0.29, 0.717) is 23.8 Å². The Morgan fingerprint density at radius 3 is 2.91 bits per heavy atom. The number of thiophene rings is 1. The van der Waals surface area contributed by atoms with Gasteiger partial charge in [-0.05, 0) is 37.8 Å². The Balaban J connectivity index is 2.11. The van der Waals surface area contributed by atoms with Crippen LogP contribution in [0.4, 0.5) is 0 Å². The molecule has 1 saturated heterocycles. The summed E-state index contributed by atoms with van der Waals surface area (Å²) < 4.78 is 27.3. The van der Waals surface area contributed by atoms with Crippen molar-refractivity contribution in [3.63, 3.8) is 0 Å². The Labute approximate surface area is 135 Å². The summed E-state index contributed by atoms with van der Waals surface area (Å²) in [6, 6.07) is 3.37. The smallest absolute Gasteiger partial charge is 0.252 e. The maximum absolute atomic E-state index is 12.7. The van der Waals surface area contributed by atoms with Crippen LogP contribution in [0.15, 0.2) is 16.3 Å². The van der Waals surface area contributed by atoms with E-state index in [1.54, 1.807) is 16.4 Å². The van der Waals surface area contributed by atoms with E-state index >= 15 is 0 Å². The van der Waals surface area contributed by atoms with Gasteiger partial charge in [0.1, 0.15) is 4.21 Å². The zero-order valence-electron chi connectivity index (χ0n) is 12.9. The average Bonchev–Trinajstić information content (AvgIpc) is 2.95. The van der Waals surface area contributed by atoms with Crippen molar-refractivity contribution in [1.29, 1.82) is 0 Å². The first-order chi connectivity index (χ1) is 10.3. The van der Waals surface area contributed by atoms with Gasteiger partial charge in [-0.15, -0.1) is 11.3 Å². The normalized spacial score (nSPS) is 21.5. The van der Waals surface area contributed by atoms with Gasteiger partial charge in [-0.2, -0.15) is 4.31 Å². The number of hydrogen-bond acceptors (Lipinski definition) is 5. The molecule has 6 nitrogen and oxygen atoms in total. The molecule has 0 spiro atoms. The first-order valence-corrected chi connectivity index (χ1v) is 9.65. The Morgan fingerprint density at radius 1 is 1.55 bits per heavy atom. The summed E-state index contributed by atoms with van der Waals surface area (Å²) in [5.74, 6) is 0.0796. The van der Waals surface area contributed by atoms with Crippen molar-refractivity contribution in [2.45, 2.75) is 43.5 Å². The van der Waals surface area contributed by atoms with Gasteiger partial charge in [-0.1, -0.05) is 0 Å². The van der Waals surface area contributed by atoms with E-state index in [0.717, 1.165) is 17.7 Å². The molecule has 1 aromatic rings. The van der Waals surface area contributed by atoms with Crippen LogP contribution in [-0.4, -0.2) is 37.8 Å². The highest BCUT2D eigenvalue weighted by Crippen LogP contribution is 2.29. The summed E-state index contributed by atoms with van der Waals surface area (Å²) in [7, 11) is -3.46. The van der Waals surface area contributed by atoms with E-state index in [-0.39, 0.29) is 17.9 Å². The summed E-state index contributed by atoms with van der Waals surface area (Å²) in [4.78, 5) is 11.8. The van der Waals surface area contributed by atoms with E-state index in [1.165, 1.54) is 18.3 Å². The van der Waals surface area contributed by atoms with E-state index in [4.69, 9.17) is 5.73 Å². The molecule has 0 aliphatic carbocycles. The molecule has 2 atom stereocenters. The summed E-state index contributed by atoms with van der Waals surface area (Å²) in [6.07, 6.45) is 1.82. The number of sulfonamides is 1. The molecule has 0 bridgehead atoms.